The molecule has 0 fully saturated rings. The van der Waals surface area contributed by atoms with E-state index in [1.54, 1.807) is 0 Å². The lowest BCUT2D eigenvalue weighted by Crippen LogP contribution is -2.07. The summed E-state index contributed by atoms with van der Waals surface area (Å²) in [5.74, 6) is -0.132. The highest BCUT2D eigenvalue weighted by Gasteiger charge is 2.12. The number of amides is 1. The van der Waals surface area contributed by atoms with Crippen LogP contribution in [0.15, 0.2) is 51.5 Å². The fourth-order valence-corrected chi connectivity index (χ4v) is 1.73. The Bertz CT molecular complexity index is 883. The molecule has 0 aliphatic heterocycles. The van der Waals surface area contributed by atoms with Gasteiger partial charge in [0.2, 0.25) is 5.76 Å². The number of nitrogens with one attached hydrogen (secondary N) is 1. The molecule has 0 bridgehead atoms. The van der Waals surface area contributed by atoms with Gasteiger partial charge in [-0.2, -0.15) is 0 Å². The summed E-state index contributed by atoms with van der Waals surface area (Å²) in [6, 6.07) is 7.18. The minimum atomic E-state index is -0.499. The van der Waals surface area contributed by atoms with Crippen LogP contribution in [0.25, 0.3) is 17.7 Å². The molecule has 1 N–H and O–H groups in total. The summed E-state index contributed by atoms with van der Waals surface area (Å²) in [7, 11) is 0. The first-order chi connectivity index (χ1) is 11.6. The van der Waals surface area contributed by atoms with Crippen molar-refractivity contribution in [2.75, 3.05) is 5.32 Å². The van der Waals surface area contributed by atoms with Crippen LogP contribution in [-0.4, -0.2) is 26.2 Å². The van der Waals surface area contributed by atoms with E-state index in [-0.39, 0.29) is 23.4 Å². The van der Waals surface area contributed by atoms with Crippen LogP contribution in [0.2, 0.25) is 0 Å². The van der Waals surface area contributed by atoms with Gasteiger partial charge in [0, 0.05) is 24.3 Å². The standard InChI is InChI=1S/C14H9N5O5/c20-12(6-3-9-1-4-10(5-2-9)19(21)22)16-14-18-17-13(23-14)11-7-8-15-24-11/h1-8H,(H,16,18,20). The van der Waals surface area contributed by atoms with Gasteiger partial charge in [0.15, 0.2) is 0 Å². The predicted octanol–water partition coefficient (Wildman–Crippen LogP) is 2.28. The van der Waals surface area contributed by atoms with E-state index in [9.17, 15) is 14.9 Å². The summed E-state index contributed by atoms with van der Waals surface area (Å²) in [4.78, 5) is 21.8. The second kappa shape index (κ2) is 6.52. The number of benzene rings is 1. The first-order valence-corrected chi connectivity index (χ1v) is 6.60. The van der Waals surface area contributed by atoms with E-state index in [1.165, 1.54) is 48.7 Å². The van der Waals surface area contributed by atoms with Crippen LogP contribution in [-0.2, 0) is 4.79 Å². The van der Waals surface area contributed by atoms with E-state index >= 15 is 0 Å². The highest BCUT2D eigenvalue weighted by atomic mass is 16.6. The number of aromatic nitrogens is 3. The van der Waals surface area contributed by atoms with Crippen molar-refractivity contribution >= 4 is 23.7 Å². The molecule has 0 unspecified atom stereocenters. The molecular formula is C14H9N5O5. The number of carbonyl (C=O) groups is 1. The molecule has 1 amide bonds. The summed E-state index contributed by atoms with van der Waals surface area (Å²) >= 11 is 0. The number of anilines is 1. The van der Waals surface area contributed by atoms with Gasteiger partial charge in [-0.25, -0.2) is 0 Å². The lowest BCUT2D eigenvalue weighted by atomic mass is 10.2. The molecule has 120 valence electrons. The van der Waals surface area contributed by atoms with E-state index in [2.05, 4.69) is 20.7 Å². The third kappa shape index (κ3) is 3.50. The maximum absolute atomic E-state index is 11.8. The van der Waals surface area contributed by atoms with E-state index in [0.717, 1.165) is 0 Å². The van der Waals surface area contributed by atoms with Gasteiger partial charge >= 0.3 is 6.01 Å². The van der Waals surface area contributed by atoms with Crippen LogP contribution in [0.5, 0.6) is 0 Å². The molecule has 2 heterocycles. The van der Waals surface area contributed by atoms with Gasteiger partial charge in [-0.3, -0.25) is 20.2 Å². The molecule has 3 aromatic rings. The van der Waals surface area contributed by atoms with Crippen LogP contribution >= 0.6 is 0 Å². The number of nitro benzene ring substituents is 1. The molecule has 10 nitrogen and oxygen atoms in total. The third-order valence-corrected chi connectivity index (χ3v) is 2.83. The molecule has 0 aliphatic carbocycles. The Kier molecular flexibility index (Phi) is 4.10. The van der Waals surface area contributed by atoms with Gasteiger partial charge in [-0.15, -0.1) is 5.10 Å². The lowest BCUT2D eigenvalue weighted by Gasteiger charge is -1.95. The molecule has 0 aliphatic rings. The van der Waals surface area contributed by atoms with E-state index < -0.39 is 10.8 Å². The smallest absolute Gasteiger partial charge is 0.322 e. The minimum Gasteiger partial charge on any atom is -0.400 e. The van der Waals surface area contributed by atoms with E-state index in [4.69, 9.17) is 8.94 Å². The maximum atomic E-state index is 11.8. The van der Waals surface area contributed by atoms with Crippen LogP contribution in [0.4, 0.5) is 11.7 Å². The Hall–Kier alpha value is -3.82. The average Bonchev–Trinajstić information content (AvgIpc) is 3.24. The molecule has 0 spiro atoms. The highest BCUT2D eigenvalue weighted by Crippen LogP contribution is 2.18. The Morgan fingerprint density at radius 3 is 2.67 bits per heavy atom. The highest BCUT2D eigenvalue weighted by molar-refractivity contribution is 6.00. The molecule has 0 saturated heterocycles. The van der Waals surface area contributed by atoms with Gasteiger partial charge in [0.25, 0.3) is 17.5 Å². The fourth-order valence-electron chi connectivity index (χ4n) is 1.73. The number of non-ortho nitro benzene ring substituents is 1. The van der Waals surface area contributed by atoms with E-state index in [0.29, 0.717) is 5.56 Å². The van der Waals surface area contributed by atoms with Gasteiger partial charge in [0.1, 0.15) is 0 Å². The zero-order valence-corrected chi connectivity index (χ0v) is 11.9. The molecule has 0 radical (unpaired) electrons. The van der Waals surface area contributed by atoms with Crippen molar-refractivity contribution in [1.82, 2.24) is 15.4 Å². The Morgan fingerprint density at radius 1 is 1.21 bits per heavy atom. The molecule has 10 heteroatoms. The quantitative estimate of drug-likeness (QED) is 0.428. The normalized spacial score (nSPS) is 10.8. The Morgan fingerprint density at radius 2 is 2.00 bits per heavy atom. The second-order valence-corrected chi connectivity index (χ2v) is 4.46. The van der Waals surface area contributed by atoms with Gasteiger partial charge < -0.3 is 8.94 Å². The largest absolute Gasteiger partial charge is 0.400 e. The SMILES string of the molecule is O=C(C=Cc1ccc([N+](=O)[O-])cc1)Nc1nnc(-c2ccno2)o1. The number of nitro groups is 1. The summed E-state index contributed by atoms with van der Waals surface area (Å²) in [6.45, 7) is 0. The topological polar surface area (TPSA) is 137 Å². The van der Waals surface area contributed by atoms with Crippen molar-refractivity contribution in [3.63, 3.8) is 0 Å². The minimum absolute atomic E-state index is 0.0255. The van der Waals surface area contributed by atoms with Gasteiger partial charge in [0.05, 0.1) is 11.1 Å². The molecule has 1 aromatic carbocycles. The van der Waals surface area contributed by atoms with Gasteiger partial charge in [-0.1, -0.05) is 10.3 Å². The Balaban J connectivity index is 1.62. The monoisotopic (exact) mass is 327 g/mol. The van der Waals surface area contributed by atoms with Gasteiger partial charge in [-0.05, 0) is 23.8 Å². The van der Waals surface area contributed by atoms with E-state index in [1.807, 2.05) is 0 Å². The summed E-state index contributed by atoms with van der Waals surface area (Å²) in [5.41, 5.74) is 0.603. The molecule has 0 atom stereocenters. The average molecular weight is 327 g/mol. The zero-order chi connectivity index (χ0) is 16.9. The van der Waals surface area contributed by atoms with Crippen molar-refractivity contribution < 1.29 is 18.7 Å². The first-order valence-electron chi connectivity index (χ1n) is 6.60. The molecule has 0 saturated carbocycles. The van der Waals surface area contributed by atoms with Crippen molar-refractivity contribution in [3.05, 3.63) is 58.3 Å². The third-order valence-electron chi connectivity index (χ3n) is 2.83. The second-order valence-electron chi connectivity index (χ2n) is 4.46. The summed E-state index contributed by atoms with van der Waals surface area (Å²) < 4.78 is 10.0. The van der Waals surface area contributed by atoms with Crippen LogP contribution in [0.1, 0.15) is 5.56 Å². The molecule has 24 heavy (non-hydrogen) atoms. The van der Waals surface area contributed by atoms with Crippen LogP contribution in [0.3, 0.4) is 0 Å². The lowest BCUT2D eigenvalue weighted by molar-refractivity contribution is -0.384. The number of carbonyl (C=O) groups excluding carboxylic acids is 1. The van der Waals surface area contributed by atoms with Crippen molar-refractivity contribution in [2.24, 2.45) is 0 Å². The molecular weight excluding hydrogens is 318 g/mol. The van der Waals surface area contributed by atoms with Crippen molar-refractivity contribution in [1.29, 1.82) is 0 Å². The predicted molar refractivity (Wildman–Crippen MR) is 80.6 cm³/mol. The first kappa shape index (κ1) is 15.1. The van der Waals surface area contributed by atoms with Crippen molar-refractivity contribution in [2.45, 2.75) is 0 Å². The number of hydrogen-bond donors (Lipinski definition) is 1. The zero-order valence-electron chi connectivity index (χ0n) is 11.9. The number of hydrogen-bond acceptors (Lipinski definition) is 8. The summed E-state index contributed by atoms with van der Waals surface area (Å²) in [6.07, 6.45) is 4.15. The number of nitrogens with zero attached hydrogens (tertiary/aromatic N) is 4. The fraction of sp³-hybridized carbons (Fsp3) is 0. The maximum Gasteiger partial charge on any atom is 0.322 e. The molecule has 2 aromatic heterocycles. The molecule has 3 rings (SSSR count). The summed E-state index contributed by atoms with van der Waals surface area (Å²) in [5, 5.41) is 23.8. The van der Waals surface area contributed by atoms with Crippen molar-refractivity contribution in [3.8, 4) is 11.7 Å². The number of rotatable bonds is 5. The Labute approximate surface area is 133 Å². The van der Waals surface area contributed by atoms with Crippen LogP contribution < -0.4 is 5.32 Å². The van der Waals surface area contributed by atoms with Crippen LogP contribution in [0, 0.1) is 10.1 Å².